The minimum absolute atomic E-state index is 0.0464. The van der Waals surface area contributed by atoms with E-state index in [1.54, 1.807) is 0 Å². The van der Waals surface area contributed by atoms with Crippen LogP contribution in [0.2, 0.25) is 0 Å². The van der Waals surface area contributed by atoms with Crippen LogP contribution < -0.4 is 9.88 Å². The molecule has 0 amide bonds. The van der Waals surface area contributed by atoms with Crippen molar-refractivity contribution in [2.75, 3.05) is 7.11 Å². The maximum Gasteiger partial charge on any atom is 0.240 e. The second-order valence-corrected chi connectivity index (χ2v) is 4.19. The lowest BCUT2D eigenvalue weighted by atomic mass is 10.2. The fraction of sp³-hybridized carbons (Fsp3) is 0.125. The first-order valence-corrected chi connectivity index (χ1v) is 5.31. The topological polar surface area (TPSA) is 86.5 Å². The summed E-state index contributed by atoms with van der Waals surface area (Å²) in [6.45, 7) is 0. The molecule has 0 aliphatic carbocycles. The highest BCUT2D eigenvalue weighted by Crippen LogP contribution is 2.24. The molecule has 1 aromatic rings. The molecular weight excluding hydrogens is 225 g/mol. The van der Waals surface area contributed by atoms with Crippen molar-refractivity contribution in [1.29, 1.82) is 0 Å². The standard InChI is InChI=1S/C8H8FNO4S/c1-14-6-2-3-7(15(10,12)13)8(9)5(6)4-11/h2-4H,1H3,(H2,10,12,13). The second-order valence-electron chi connectivity index (χ2n) is 2.66. The van der Waals surface area contributed by atoms with Gasteiger partial charge in [0.1, 0.15) is 10.6 Å². The molecule has 0 saturated carbocycles. The monoisotopic (exact) mass is 233 g/mol. The molecular formula is C8H8FNO4S. The van der Waals surface area contributed by atoms with Gasteiger partial charge in [0.05, 0.1) is 12.7 Å². The van der Waals surface area contributed by atoms with Gasteiger partial charge < -0.3 is 4.74 Å². The number of hydrogen-bond acceptors (Lipinski definition) is 4. The Morgan fingerprint density at radius 2 is 2.07 bits per heavy atom. The van der Waals surface area contributed by atoms with E-state index in [-0.39, 0.29) is 12.0 Å². The average molecular weight is 233 g/mol. The van der Waals surface area contributed by atoms with Gasteiger partial charge in [0.25, 0.3) is 0 Å². The number of benzene rings is 1. The van der Waals surface area contributed by atoms with Crippen LogP contribution >= 0.6 is 0 Å². The Bertz CT molecular complexity index is 498. The summed E-state index contributed by atoms with van der Waals surface area (Å²) >= 11 is 0. The smallest absolute Gasteiger partial charge is 0.240 e. The van der Waals surface area contributed by atoms with Crippen molar-refractivity contribution in [3.05, 3.63) is 23.5 Å². The number of ether oxygens (including phenoxy) is 1. The molecule has 0 aliphatic rings. The molecule has 0 aliphatic heterocycles. The molecule has 0 spiro atoms. The van der Waals surface area contributed by atoms with E-state index in [4.69, 9.17) is 5.14 Å². The van der Waals surface area contributed by atoms with Crippen molar-refractivity contribution >= 4 is 16.3 Å². The van der Waals surface area contributed by atoms with Crippen LogP contribution in [0.25, 0.3) is 0 Å². The molecule has 0 bridgehead atoms. The van der Waals surface area contributed by atoms with Crippen LogP contribution in [0.4, 0.5) is 4.39 Å². The zero-order valence-corrected chi connectivity index (χ0v) is 8.55. The molecule has 0 atom stereocenters. The van der Waals surface area contributed by atoms with E-state index in [0.717, 1.165) is 12.1 Å². The van der Waals surface area contributed by atoms with Gasteiger partial charge >= 0.3 is 0 Å². The van der Waals surface area contributed by atoms with Gasteiger partial charge in [0, 0.05) is 0 Å². The number of nitrogens with two attached hydrogens (primary N) is 1. The molecule has 0 fully saturated rings. The Kier molecular flexibility index (Phi) is 3.06. The van der Waals surface area contributed by atoms with Crippen molar-refractivity contribution in [2.45, 2.75) is 4.90 Å². The molecule has 0 heterocycles. The number of methoxy groups -OCH3 is 1. The van der Waals surface area contributed by atoms with Crippen LogP contribution in [-0.4, -0.2) is 21.8 Å². The molecule has 5 nitrogen and oxygen atoms in total. The molecule has 15 heavy (non-hydrogen) atoms. The maximum atomic E-state index is 13.4. The number of carbonyl (C=O) groups is 1. The summed E-state index contributed by atoms with van der Waals surface area (Å²) in [7, 11) is -2.95. The first-order valence-electron chi connectivity index (χ1n) is 3.76. The highest BCUT2D eigenvalue weighted by Gasteiger charge is 2.20. The van der Waals surface area contributed by atoms with Crippen LogP contribution in [0.1, 0.15) is 10.4 Å². The van der Waals surface area contributed by atoms with Gasteiger partial charge in [-0.25, -0.2) is 17.9 Å². The zero-order chi connectivity index (χ0) is 11.6. The predicted octanol–water partition coefficient (Wildman–Crippen LogP) is 0.294. The van der Waals surface area contributed by atoms with Crippen molar-refractivity contribution in [3.8, 4) is 5.75 Å². The minimum Gasteiger partial charge on any atom is -0.496 e. The molecule has 2 N–H and O–H groups in total. The Balaban J connectivity index is 3.57. The highest BCUT2D eigenvalue weighted by molar-refractivity contribution is 7.89. The Hall–Kier alpha value is -1.47. The van der Waals surface area contributed by atoms with Crippen LogP contribution in [0.5, 0.6) is 5.75 Å². The molecule has 0 radical (unpaired) electrons. The molecule has 0 aromatic heterocycles. The second kappa shape index (κ2) is 3.95. The molecule has 0 unspecified atom stereocenters. The summed E-state index contributed by atoms with van der Waals surface area (Å²) in [6, 6.07) is 2.10. The highest BCUT2D eigenvalue weighted by atomic mass is 32.2. The third kappa shape index (κ3) is 2.13. The minimum atomic E-state index is -4.18. The molecule has 82 valence electrons. The predicted molar refractivity (Wildman–Crippen MR) is 49.7 cm³/mol. The fourth-order valence-electron chi connectivity index (χ4n) is 1.06. The zero-order valence-electron chi connectivity index (χ0n) is 7.73. The van der Waals surface area contributed by atoms with Crippen LogP contribution in [-0.2, 0) is 10.0 Å². The lowest BCUT2D eigenvalue weighted by Crippen LogP contribution is -2.15. The largest absolute Gasteiger partial charge is 0.496 e. The van der Waals surface area contributed by atoms with E-state index in [2.05, 4.69) is 4.74 Å². The molecule has 1 aromatic carbocycles. The quantitative estimate of drug-likeness (QED) is 0.760. The number of primary sulfonamides is 1. The van der Waals surface area contributed by atoms with Crippen LogP contribution in [0.15, 0.2) is 17.0 Å². The third-order valence-electron chi connectivity index (χ3n) is 1.75. The maximum absolute atomic E-state index is 13.4. The Labute approximate surface area is 85.7 Å². The van der Waals surface area contributed by atoms with E-state index in [1.807, 2.05) is 0 Å². The number of carbonyl (C=O) groups excluding carboxylic acids is 1. The summed E-state index contributed by atoms with van der Waals surface area (Å²) in [5, 5.41) is 4.75. The number of aldehydes is 1. The first kappa shape index (κ1) is 11.6. The molecule has 1 rings (SSSR count). The van der Waals surface area contributed by atoms with Gasteiger partial charge in [0.2, 0.25) is 10.0 Å². The van der Waals surface area contributed by atoms with Crippen molar-refractivity contribution in [3.63, 3.8) is 0 Å². The van der Waals surface area contributed by atoms with Crippen LogP contribution in [0.3, 0.4) is 0 Å². The number of sulfonamides is 1. The Morgan fingerprint density at radius 3 is 2.47 bits per heavy atom. The summed E-state index contributed by atoms with van der Waals surface area (Å²) in [5.41, 5.74) is -0.468. The van der Waals surface area contributed by atoms with E-state index >= 15 is 0 Å². The molecule has 0 saturated heterocycles. The molecule has 7 heteroatoms. The summed E-state index contributed by atoms with van der Waals surface area (Å²) in [4.78, 5) is 9.80. The lowest BCUT2D eigenvalue weighted by molar-refractivity contribution is 0.111. The third-order valence-corrected chi connectivity index (χ3v) is 2.68. The van der Waals surface area contributed by atoms with Gasteiger partial charge in [-0.2, -0.15) is 0 Å². The number of rotatable bonds is 3. The van der Waals surface area contributed by atoms with E-state index in [1.165, 1.54) is 7.11 Å². The van der Waals surface area contributed by atoms with Crippen molar-refractivity contribution < 1.29 is 22.3 Å². The van der Waals surface area contributed by atoms with Crippen molar-refractivity contribution in [2.24, 2.45) is 5.14 Å². The normalized spacial score (nSPS) is 11.1. The number of hydrogen-bond donors (Lipinski definition) is 1. The Morgan fingerprint density at radius 1 is 1.47 bits per heavy atom. The lowest BCUT2D eigenvalue weighted by Gasteiger charge is -2.07. The summed E-state index contributed by atoms with van der Waals surface area (Å²) < 4.78 is 39.9. The summed E-state index contributed by atoms with van der Waals surface area (Å²) in [5.74, 6) is -1.25. The van der Waals surface area contributed by atoms with Gasteiger partial charge in [0.15, 0.2) is 12.1 Å². The van der Waals surface area contributed by atoms with Crippen LogP contribution in [0, 0.1) is 5.82 Å². The van der Waals surface area contributed by atoms with Gasteiger partial charge in [-0.1, -0.05) is 0 Å². The van der Waals surface area contributed by atoms with Gasteiger partial charge in [-0.15, -0.1) is 0 Å². The first-order chi connectivity index (χ1) is 6.91. The fourth-order valence-corrected chi connectivity index (χ4v) is 1.68. The van der Waals surface area contributed by atoms with E-state index < -0.39 is 26.3 Å². The van der Waals surface area contributed by atoms with E-state index in [9.17, 15) is 17.6 Å². The van der Waals surface area contributed by atoms with E-state index in [0.29, 0.717) is 0 Å². The summed E-state index contributed by atoms with van der Waals surface area (Å²) in [6.07, 6.45) is 0.169. The SMILES string of the molecule is COc1ccc(S(N)(=O)=O)c(F)c1C=O. The average Bonchev–Trinajstić information content (AvgIpc) is 2.15. The van der Waals surface area contributed by atoms with Gasteiger partial charge in [-0.3, -0.25) is 4.79 Å². The van der Waals surface area contributed by atoms with Crippen molar-refractivity contribution in [1.82, 2.24) is 0 Å². The number of halogens is 1. The van der Waals surface area contributed by atoms with Gasteiger partial charge in [-0.05, 0) is 12.1 Å².